The fraction of sp³-hybridized carbons (Fsp3) is 0.423. The molecule has 1 aliphatic heterocycles. The number of hydrogen-bond acceptors (Lipinski definition) is 5. The standard InChI is InChI=1S/C26H31N3O5S/c1-19(25(31)27-21-12-5-6-13-21)28(18-20-10-3-2-4-11-20)24(30)16-9-17-29-26(32)22-14-7-8-15-23(22)35(29,33)34/h2-4,7-8,10-11,14-15,19,21H,5-6,9,12-13,16-18H2,1H3,(H,27,31)/t19-/m1/s1. The Morgan fingerprint density at radius 1 is 1.06 bits per heavy atom. The highest BCUT2D eigenvalue weighted by atomic mass is 32.2. The summed E-state index contributed by atoms with van der Waals surface area (Å²) in [5.74, 6) is -1.02. The van der Waals surface area contributed by atoms with Crippen LogP contribution in [0.1, 0.15) is 61.4 Å². The van der Waals surface area contributed by atoms with Gasteiger partial charge < -0.3 is 10.2 Å². The minimum absolute atomic E-state index is 0.000707. The van der Waals surface area contributed by atoms with E-state index in [1.165, 1.54) is 17.0 Å². The molecule has 1 aliphatic carbocycles. The van der Waals surface area contributed by atoms with Gasteiger partial charge in [-0.25, -0.2) is 12.7 Å². The number of nitrogens with zero attached hydrogens (tertiary/aromatic N) is 2. The summed E-state index contributed by atoms with van der Waals surface area (Å²) in [6.07, 6.45) is 4.27. The molecule has 9 heteroatoms. The predicted octanol–water partition coefficient (Wildman–Crippen LogP) is 3.09. The van der Waals surface area contributed by atoms with Gasteiger partial charge in [-0.2, -0.15) is 0 Å². The van der Waals surface area contributed by atoms with Crippen LogP contribution < -0.4 is 5.32 Å². The molecule has 0 bridgehead atoms. The summed E-state index contributed by atoms with van der Waals surface area (Å²) in [6, 6.07) is 15.0. The first kappa shape index (κ1) is 24.9. The third-order valence-corrected chi connectivity index (χ3v) is 8.57. The third-order valence-electron chi connectivity index (χ3n) is 6.73. The zero-order chi connectivity index (χ0) is 25.0. The molecule has 4 rings (SSSR count). The highest BCUT2D eigenvalue weighted by molar-refractivity contribution is 7.90. The van der Waals surface area contributed by atoms with Gasteiger partial charge in [-0.3, -0.25) is 14.4 Å². The molecule has 0 radical (unpaired) electrons. The van der Waals surface area contributed by atoms with Gasteiger partial charge in [0.15, 0.2) is 0 Å². The molecule has 0 spiro atoms. The molecule has 1 atom stereocenters. The van der Waals surface area contributed by atoms with Gasteiger partial charge in [0.2, 0.25) is 11.8 Å². The number of hydrogen-bond donors (Lipinski definition) is 1. The molecule has 2 aromatic rings. The van der Waals surface area contributed by atoms with Crippen molar-refractivity contribution in [2.75, 3.05) is 6.54 Å². The molecular weight excluding hydrogens is 466 g/mol. The van der Waals surface area contributed by atoms with E-state index in [2.05, 4.69) is 5.32 Å². The van der Waals surface area contributed by atoms with E-state index in [-0.39, 0.29) is 54.2 Å². The summed E-state index contributed by atoms with van der Waals surface area (Å²) in [5, 5.41) is 3.06. The normalized spacial score (nSPS) is 17.7. The number of sulfonamides is 1. The van der Waals surface area contributed by atoms with Crippen LogP contribution >= 0.6 is 0 Å². The molecule has 0 saturated heterocycles. The van der Waals surface area contributed by atoms with Crippen molar-refractivity contribution in [1.29, 1.82) is 0 Å². The maximum absolute atomic E-state index is 13.3. The van der Waals surface area contributed by atoms with Crippen molar-refractivity contribution < 1.29 is 22.8 Å². The second-order valence-electron chi connectivity index (χ2n) is 9.16. The van der Waals surface area contributed by atoms with E-state index in [1.807, 2.05) is 30.3 Å². The number of nitrogens with one attached hydrogen (secondary N) is 1. The zero-order valence-electron chi connectivity index (χ0n) is 19.9. The monoisotopic (exact) mass is 497 g/mol. The molecule has 0 unspecified atom stereocenters. The Labute approximate surface area is 206 Å². The van der Waals surface area contributed by atoms with Crippen molar-refractivity contribution in [2.45, 2.75) is 69.0 Å². The van der Waals surface area contributed by atoms with E-state index in [0.29, 0.717) is 0 Å². The third kappa shape index (κ3) is 5.40. The lowest BCUT2D eigenvalue weighted by Gasteiger charge is -2.30. The highest BCUT2D eigenvalue weighted by Gasteiger charge is 2.40. The molecule has 35 heavy (non-hydrogen) atoms. The topological polar surface area (TPSA) is 104 Å². The highest BCUT2D eigenvalue weighted by Crippen LogP contribution is 2.30. The van der Waals surface area contributed by atoms with Crippen molar-refractivity contribution in [3.8, 4) is 0 Å². The Balaban J connectivity index is 1.42. The second-order valence-corrected chi connectivity index (χ2v) is 11.0. The van der Waals surface area contributed by atoms with Crippen molar-refractivity contribution in [3.63, 3.8) is 0 Å². The maximum atomic E-state index is 13.3. The lowest BCUT2D eigenvalue weighted by atomic mass is 10.1. The van der Waals surface area contributed by atoms with Crippen molar-refractivity contribution in [1.82, 2.24) is 14.5 Å². The molecule has 186 valence electrons. The van der Waals surface area contributed by atoms with Crippen LogP contribution in [0.4, 0.5) is 0 Å². The van der Waals surface area contributed by atoms with Crippen molar-refractivity contribution in [3.05, 3.63) is 65.7 Å². The number of carbonyl (C=O) groups is 3. The van der Waals surface area contributed by atoms with Gasteiger partial charge in [-0.1, -0.05) is 55.3 Å². The van der Waals surface area contributed by atoms with E-state index >= 15 is 0 Å². The predicted molar refractivity (Wildman–Crippen MR) is 131 cm³/mol. The Bertz CT molecular complexity index is 1190. The van der Waals surface area contributed by atoms with Gasteiger partial charge in [0.25, 0.3) is 15.9 Å². The van der Waals surface area contributed by atoms with E-state index in [9.17, 15) is 22.8 Å². The molecule has 2 aliphatic rings. The van der Waals surface area contributed by atoms with Crippen LogP contribution in [0.5, 0.6) is 0 Å². The van der Waals surface area contributed by atoms with Crippen LogP contribution in [-0.2, 0) is 26.2 Å². The van der Waals surface area contributed by atoms with E-state index in [1.54, 1.807) is 19.1 Å². The number of amides is 3. The minimum Gasteiger partial charge on any atom is -0.352 e. The zero-order valence-corrected chi connectivity index (χ0v) is 20.7. The van der Waals surface area contributed by atoms with E-state index in [4.69, 9.17) is 0 Å². The molecule has 0 aromatic heterocycles. The Hall–Kier alpha value is -3.20. The van der Waals surface area contributed by atoms with Crippen LogP contribution in [-0.4, -0.2) is 54.0 Å². The van der Waals surface area contributed by atoms with Gasteiger partial charge in [0, 0.05) is 25.6 Å². The first-order valence-electron chi connectivity index (χ1n) is 12.1. The summed E-state index contributed by atoms with van der Waals surface area (Å²) < 4.78 is 26.4. The quantitative estimate of drug-likeness (QED) is 0.573. The number of carbonyl (C=O) groups excluding carboxylic acids is 3. The Morgan fingerprint density at radius 3 is 2.40 bits per heavy atom. The van der Waals surface area contributed by atoms with Crippen LogP contribution in [0.2, 0.25) is 0 Å². The van der Waals surface area contributed by atoms with Crippen LogP contribution in [0.3, 0.4) is 0 Å². The average Bonchev–Trinajstić information content (AvgIpc) is 3.43. The molecule has 1 heterocycles. The molecule has 8 nitrogen and oxygen atoms in total. The Kier molecular flexibility index (Phi) is 7.54. The number of benzene rings is 2. The Morgan fingerprint density at radius 2 is 1.71 bits per heavy atom. The lowest BCUT2D eigenvalue weighted by molar-refractivity contribution is -0.141. The first-order valence-corrected chi connectivity index (χ1v) is 13.5. The SMILES string of the molecule is C[C@H](C(=O)NC1CCCC1)N(Cc1ccccc1)C(=O)CCCN1C(=O)c2ccccc2S1(=O)=O. The number of fused-ring (bicyclic) bond motifs is 1. The summed E-state index contributed by atoms with van der Waals surface area (Å²) in [5.41, 5.74) is 1.05. The minimum atomic E-state index is -3.91. The van der Waals surface area contributed by atoms with Crippen LogP contribution in [0, 0.1) is 0 Å². The van der Waals surface area contributed by atoms with Gasteiger partial charge in [-0.05, 0) is 43.9 Å². The molecule has 3 amide bonds. The smallest absolute Gasteiger partial charge is 0.269 e. The molecule has 1 N–H and O–H groups in total. The van der Waals surface area contributed by atoms with E-state index in [0.717, 1.165) is 35.6 Å². The van der Waals surface area contributed by atoms with Crippen LogP contribution in [0.25, 0.3) is 0 Å². The number of rotatable bonds is 9. The molecule has 1 saturated carbocycles. The largest absolute Gasteiger partial charge is 0.352 e. The van der Waals surface area contributed by atoms with Gasteiger partial charge in [0.1, 0.15) is 10.9 Å². The summed E-state index contributed by atoms with van der Waals surface area (Å²) in [6.45, 7) is 1.89. The van der Waals surface area contributed by atoms with Gasteiger partial charge in [-0.15, -0.1) is 0 Å². The molecule has 1 fully saturated rings. The average molecular weight is 498 g/mol. The lowest BCUT2D eigenvalue weighted by Crippen LogP contribution is -2.49. The first-order chi connectivity index (χ1) is 16.8. The second kappa shape index (κ2) is 10.6. The van der Waals surface area contributed by atoms with Crippen molar-refractivity contribution >= 4 is 27.7 Å². The fourth-order valence-corrected chi connectivity index (χ4v) is 6.33. The van der Waals surface area contributed by atoms with Gasteiger partial charge in [0.05, 0.1) is 5.56 Å². The van der Waals surface area contributed by atoms with Gasteiger partial charge >= 0.3 is 0 Å². The summed E-state index contributed by atoms with van der Waals surface area (Å²) >= 11 is 0. The fourth-order valence-electron chi connectivity index (χ4n) is 4.72. The molecular formula is C26H31N3O5S. The van der Waals surface area contributed by atoms with E-state index < -0.39 is 22.0 Å². The van der Waals surface area contributed by atoms with Crippen LogP contribution in [0.15, 0.2) is 59.5 Å². The summed E-state index contributed by atoms with van der Waals surface area (Å²) in [7, 11) is -3.91. The van der Waals surface area contributed by atoms with Crippen molar-refractivity contribution in [2.24, 2.45) is 0 Å². The maximum Gasteiger partial charge on any atom is 0.269 e. The summed E-state index contributed by atoms with van der Waals surface area (Å²) in [4.78, 5) is 40.4. The molecule has 2 aromatic carbocycles.